The first kappa shape index (κ1) is 29.3. The Morgan fingerprint density at radius 3 is 2.42 bits per heavy atom. The van der Waals surface area contributed by atoms with Gasteiger partial charge in [0.25, 0.3) is 0 Å². The summed E-state index contributed by atoms with van der Waals surface area (Å²) >= 11 is 0. The van der Waals surface area contributed by atoms with Gasteiger partial charge in [-0.15, -0.1) is 0 Å². The predicted octanol–water partition coefficient (Wildman–Crippen LogP) is 4.32. The summed E-state index contributed by atoms with van der Waals surface area (Å²) < 4.78 is 40.8. The number of unbranched alkanes of at least 4 members (excludes halogenated alkanes) is 1. The normalized spacial score (nSPS) is 12.2. The molecule has 2 rings (SSSR count). The molecule has 0 aliphatic heterocycles. The lowest BCUT2D eigenvalue weighted by molar-refractivity contribution is -0.140. The van der Waals surface area contributed by atoms with Crippen LogP contribution in [0.5, 0.6) is 0 Å². The average Bonchev–Trinajstić information content (AvgIpc) is 2.81. The zero-order valence-corrected chi connectivity index (χ0v) is 22.7. The molecule has 0 heterocycles. The van der Waals surface area contributed by atoms with E-state index in [1.165, 1.54) is 15.3 Å². The number of aryl methyl sites for hydroxylation is 2. The van der Waals surface area contributed by atoms with Crippen molar-refractivity contribution in [1.82, 2.24) is 10.2 Å². The molecule has 0 saturated carbocycles. The van der Waals surface area contributed by atoms with Gasteiger partial charge in [0.1, 0.15) is 11.9 Å². The van der Waals surface area contributed by atoms with E-state index >= 15 is 0 Å². The van der Waals surface area contributed by atoms with Crippen LogP contribution >= 0.6 is 0 Å². The lowest BCUT2D eigenvalue weighted by Gasteiger charge is -2.30. The third kappa shape index (κ3) is 8.33. The maximum absolute atomic E-state index is 14.4. The number of sulfonamides is 1. The predicted molar refractivity (Wildman–Crippen MR) is 142 cm³/mol. The zero-order chi connectivity index (χ0) is 26.9. The molecule has 36 heavy (non-hydrogen) atoms. The van der Waals surface area contributed by atoms with Crippen LogP contribution in [-0.2, 0) is 26.2 Å². The first-order chi connectivity index (χ1) is 17.0. The van der Waals surface area contributed by atoms with Gasteiger partial charge in [-0.1, -0.05) is 43.7 Å². The summed E-state index contributed by atoms with van der Waals surface area (Å²) in [5.41, 5.74) is 2.64. The molecule has 0 aliphatic rings. The van der Waals surface area contributed by atoms with Crippen molar-refractivity contribution in [2.75, 3.05) is 23.7 Å². The minimum absolute atomic E-state index is 0.0118. The van der Waals surface area contributed by atoms with Crippen LogP contribution < -0.4 is 9.62 Å². The highest BCUT2D eigenvalue weighted by Crippen LogP contribution is 2.25. The highest BCUT2D eigenvalue weighted by atomic mass is 32.2. The fourth-order valence-electron chi connectivity index (χ4n) is 3.90. The van der Waals surface area contributed by atoms with Crippen molar-refractivity contribution in [3.8, 4) is 0 Å². The molecular formula is C27H38FN3O4S. The Morgan fingerprint density at radius 2 is 1.78 bits per heavy atom. The molecule has 0 bridgehead atoms. The molecule has 0 spiro atoms. The Hall–Kier alpha value is -2.94. The van der Waals surface area contributed by atoms with Crippen molar-refractivity contribution in [2.45, 2.75) is 66.0 Å². The topological polar surface area (TPSA) is 86.8 Å². The van der Waals surface area contributed by atoms with Crippen molar-refractivity contribution < 1.29 is 22.4 Å². The number of anilines is 1. The second-order valence-corrected chi connectivity index (χ2v) is 11.1. The second kappa shape index (κ2) is 13.4. The number of hydrogen-bond acceptors (Lipinski definition) is 4. The summed E-state index contributed by atoms with van der Waals surface area (Å²) in [6, 6.07) is 10.9. The van der Waals surface area contributed by atoms with Crippen molar-refractivity contribution in [3.05, 3.63) is 65.0 Å². The van der Waals surface area contributed by atoms with Crippen molar-refractivity contribution in [2.24, 2.45) is 0 Å². The fourth-order valence-corrected chi connectivity index (χ4v) is 4.91. The lowest BCUT2D eigenvalue weighted by atomic mass is 10.1. The van der Waals surface area contributed by atoms with Crippen LogP contribution in [0.1, 0.15) is 56.2 Å². The molecule has 2 amide bonds. The first-order valence-corrected chi connectivity index (χ1v) is 14.2. The van der Waals surface area contributed by atoms with Crippen LogP contribution in [0.15, 0.2) is 42.5 Å². The Bertz CT molecular complexity index is 1150. The molecule has 0 saturated heterocycles. The molecular weight excluding hydrogens is 481 g/mol. The minimum Gasteiger partial charge on any atom is -0.354 e. The highest BCUT2D eigenvalue weighted by Gasteiger charge is 2.27. The smallest absolute Gasteiger partial charge is 0.242 e. The monoisotopic (exact) mass is 519 g/mol. The van der Waals surface area contributed by atoms with E-state index in [9.17, 15) is 22.4 Å². The van der Waals surface area contributed by atoms with Crippen LogP contribution in [0.2, 0.25) is 0 Å². The molecule has 0 aliphatic carbocycles. The van der Waals surface area contributed by atoms with Gasteiger partial charge in [-0.3, -0.25) is 13.9 Å². The van der Waals surface area contributed by atoms with E-state index in [0.717, 1.165) is 30.2 Å². The number of benzene rings is 2. The van der Waals surface area contributed by atoms with Gasteiger partial charge in [0.15, 0.2) is 0 Å². The summed E-state index contributed by atoms with van der Waals surface area (Å²) in [6.45, 7) is 7.93. The molecule has 0 radical (unpaired) electrons. The Kier molecular flexibility index (Phi) is 10.9. The maximum atomic E-state index is 14.4. The number of carbonyl (C=O) groups is 2. The highest BCUT2D eigenvalue weighted by molar-refractivity contribution is 7.92. The molecule has 2 aromatic carbocycles. The van der Waals surface area contributed by atoms with Gasteiger partial charge >= 0.3 is 0 Å². The third-order valence-electron chi connectivity index (χ3n) is 6.08. The van der Waals surface area contributed by atoms with Gasteiger partial charge in [0.2, 0.25) is 21.8 Å². The van der Waals surface area contributed by atoms with Crippen molar-refractivity contribution in [1.29, 1.82) is 0 Å². The molecule has 9 heteroatoms. The summed E-state index contributed by atoms with van der Waals surface area (Å²) in [5.74, 6) is -1.10. The van der Waals surface area contributed by atoms with Crippen LogP contribution in [0.3, 0.4) is 0 Å². The quantitative estimate of drug-likeness (QED) is 0.399. The maximum Gasteiger partial charge on any atom is 0.242 e. The number of amides is 2. The van der Waals surface area contributed by atoms with Crippen LogP contribution in [0, 0.1) is 19.7 Å². The van der Waals surface area contributed by atoms with E-state index in [0.29, 0.717) is 17.8 Å². The molecule has 198 valence electrons. The van der Waals surface area contributed by atoms with Crippen LogP contribution in [-0.4, -0.2) is 50.5 Å². The Morgan fingerprint density at radius 1 is 1.08 bits per heavy atom. The van der Waals surface area contributed by atoms with Crippen LogP contribution in [0.4, 0.5) is 10.1 Å². The molecule has 2 aromatic rings. The summed E-state index contributed by atoms with van der Waals surface area (Å²) in [7, 11) is -3.58. The van der Waals surface area contributed by atoms with Gasteiger partial charge in [0.05, 0.1) is 11.9 Å². The Labute approximate surface area is 214 Å². The largest absolute Gasteiger partial charge is 0.354 e. The summed E-state index contributed by atoms with van der Waals surface area (Å²) in [6.07, 6.45) is 3.14. The SMILES string of the molecule is CCCCNC(=O)[C@@H](C)N(Cc1ccccc1F)C(=O)CCCN(c1cc(C)ccc1C)S(C)(=O)=O. The molecule has 1 atom stereocenters. The first-order valence-electron chi connectivity index (χ1n) is 12.3. The Balaban J connectivity index is 2.19. The molecule has 0 aromatic heterocycles. The number of carbonyl (C=O) groups excluding carboxylic acids is 2. The number of halogens is 1. The van der Waals surface area contributed by atoms with Gasteiger partial charge in [-0.2, -0.15) is 0 Å². The van der Waals surface area contributed by atoms with Gasteiger partial charge in [-0.05, 0) is 56.9 Å². The van der Waals surface area contributed by atoms with E-state index in [-0.39, 0.29) is 37.7 Å². The van der Waals surface area contributed by atoms with E-state index in [1.807, 2.05) is 39.0 Å². The molecule has 1 N–H and O–H groups in total. The zero-order valence-electron chi connectivity index (χ0n) is 21.9. The minimum atomic E-state index is -3.58. The summed E-state index contributed by atoms with van der Waals surface area (Å²) in [4.78, 5) is 27.4. The van der Waals surface area contributed by atoms with Gasteiger partial charge in [0, 0.05) is 31.6 Å². The number of hydrogen-bond donors (Lipinski definition) is 1. The third-order valence-corrected chi connectivity index (χ3v) is 7.26. The van der Waals surface area contributed by atoms with Gasteiger partial charge in [-0.25, -0.2) is 12.8 Å². The number of nitrogens with one attached hydrogen (secondary N) is 1. The lowest BCUT2D eigenvalue weighted by Crippen LogP contribution is -2.48. The van der Waals surface area contributed by atoms with E-state index in [4.69, 9.17) is 0 Å². The molecule has 7 nitrogen and oxygen atoms in total. The molecule has 0 fully saturated rings. The molecule has 0 unspecified atom stereocenters. The second-order valence-electron chi connectivity index (χ2n) is 9.16. The number of rotatable bonds is 13. The van der Waals surface area contributed by atoms with E-state index in [1.54, 1.807) is 25.1 Å². The van der Waals surface area contributed by atoms with E-state index < -0.39 is 21.9 Å². The average molecular weight is 520 g/mol. The number of nitrogens with zero attached hydrogens (tertiary/aromatic N) is 2. The van der Waals surface area contributed by atoms with Crippen molar-refractivity contribution >= 4 is 27.5 Å². The van der Waals surface area contributed by atoms with Crippen molar-refractivity contribution in [3.63, 3.8) is 0 Å². The standard InChI is InChI=1S/C27H38FN3O4S/c1-6-7-16-29-27(33)22(4)30(19-23-11-8-9-12-24(23)28)26(32)13-10-17-31(36(5,34)35)25-18-20(2)14-15-21(25)3/h8-9,11-12,14-15,18,22H,6-7,10,13,16-17,19H2,1-5H3,(H,29,33)/t22-/m1/s1. The van der Waals surface area contributed by atoms with Crippen LogP contribution in [0.25, 0.3) is 0 Å². The van der Waals surface area contributed by atoms with E-state index in [2.05, 4.69) is 5.32 Å². The fraction of sp³-hybridized carbons (Fsp3) is 0.481. The summed E-state index contributed by atoms with van der Waals surface area (Å²) in [5, 5.41) is 2.83. The van der Waals surface area contributed by atoms with Gasteiger partial charge < -0.3 is 10.2 Å².